The number of carbonyl (C=O) groups excluding carboxylic acids is 3. The van der Waals surface area contributed by atoms with E-state index in [9.17, 15) is 39.9 Å². The van der Waals surface area contributed by atoms with Gasteiger partial charge in [0.2, 0.25) is 11.7 Å². The molecule has 1 amide bonds. The van der Waals surface area contributed by atoms with Crippen molar-refractivity contribution < 1.29 is 39.9 Å². The van der Waals surface area contributed by atoms with Crippen molar-refractivity contribution in [2.75, 3.05) is 14.1 Å². The molecule has 2 unspecified atom stereocenters. The van der Waals surface area contributed by atoms with Crippen LogP contribution in [0.15, 0.2) is 23.8 Å². The molecular weight excluding hydrogens is 420 g/mol. The van der Waals surface area contributed by atoms with Gasteiger partial charge in [-0.1, -0.05) is 19.1 Å². The molecule has 0 aliphatic heterocycles. The van der Waals surface area contributed by atoms with Crippen LogP contribution in [0.4, 0.5) is 0 Å². The number of likely N-dealkylation sites (N-methyl/N-ethyl adjacent to an activating group) is 1. The van der Waals surface area contributed by atoms with Crippen molar-refractivity contribution in [3.8, 4) is 5.75 Å². The summed E-state index contributed by atoms with van der Waals surface area (Å²) in [5.41, 5.74) is 2.47. The molecule has 0 aromatic heterocycles. The minimum atomic E-state index is -2.91. The molecule has 2 fully saturated rings. The number of rotatable bonds is 2. The van der Waals surface area contributed by atoms with Crippen LogP contribution in [-0.2, 0) is 14.4 Å². The summed E-state index contributed by atoms with van der Waals surface area (Å²) in [6.45, 7) is 1.69. The van der Waals surface area contributed by atoms with Gasteiger partial charge in [-0.15, -0.1) is 0 Å². The maximum Gasteiger partial charge on any atom is 0.230 e. The van der Waals surface area contributed by atoms with Gasteiger partial charge in [0.05, 0.1) is 17.8 Å². The molecule has 2 saturated carbocycles. The lowest BCUT2D eigenvalue weighted by Gasteiger charge is -2.56. The van der Waals surface area contributed by atoms with Crippen LogP contribution in [0.5, 0.6) is 5.75 Å². The number of carbonyl (C=O) groups is 3. The molecule has 10 nitrogen and oxygen atoms in total. The summed E-state index contributed by atoms with van der Waals surface area (Å²) in [5, 5.41) is 55.0. The summed E-state index contributed by atoms with van der Waals surface area (Å²) in [4.78, 5) is 40.3. The molecule has 0 heterocycles. The van der Waals surface area contributed by atoms with Crippen LogP contribution >= 0.6 is 0 Å². The number of hydrogen-bond acceptors (Lipinski definition) is 9. The smallest absolute Gasteiger partial charge is 0.230 e. The van der Waals surface area contributed by atoms with E-state index in [2.05, 4.69) is 0 Å². The zero-order valence-corrected chi connectivity index (χ0v) is 17.8. The van der Waals surface area contributed by atoms with E-state index in [1.54, 1.807) is 19.1 Å². The Labute approximate surface area is 183 Å². The number of fused-ring (bicyclic) bond motifs is 3. The highest BCUT2D eigenvalue weighted by Crippen LogP contribution is 2.55. The van der Waals surface area contributed by atoms with E-state index >= 15 is 0 Å². The van der Waals surface area contributed by atoms with Crippen LogP contribution in [0, 0.1) is 17.8 Å². The molecule has 8 atom stereocenters. The second-order valence-electron chi connectivity index (χ2n) is 9.12. The van der Waals surface area contributed by atoms with Gasteiger partial charge in [-0.05, 0) is 31.6 Å². The largest absolute Gasteiger partial charge is 0.507 e. The van der Waals surface area contributed by atoms with Crippen LogP contribution < -0.4 is 5.73 Å². The summed E-state index contributed by atoms with van der Waals surface area (Å²) >= 11 is 0. The third-order valence-corrected chi connectivity index (χ3v) is 7.36. The van der Waals surface area contributed by atoms with Gasteiger partial charge in [0.1, 0.15) is 17.4 Å². The SMILES string of the molecule is C[C@H]1c2cccc(O)c2C(O)=C2C(=O)[C@]3(O)C(=O)C(C(N)=O)C(O)[C@@H](N(C)C)[C@@H]3[C@@H](O)[C@@H]21. The summed E-state index contributed by atoms with van der Waals surface area (Å²) < 4.78 is 0. The number of aliphatic hydroxyl groups excluding tert-OH is 3. The maximum atomic E-state index is 13.7. The second kappa shape index (κ2) is 7.11. The number of ketones is 2. The fourth-order valence-electron chi connectivity index (χ4n) is 5.93. The molecular formula is C22H26N2O8. The van der Waals surface area contributed by atoms with E-state index < -0.39 is 76.3 Å². The minimum absolute atomic E-state index is 0.0206. The van der Waals surface area contributed by atoms with E-state index in [1.165, 1.54) is 25.1 Å². The lowest BCUT2D eigenvalue weighted by Crippen LogP contribution is -2.76. The first-order valence-corrected chi connectivity index (χ1v) is 10.3. The Morgan fingerprint density at radius 3 is 2.31 bits per heavy atom. The number of nitrogens with two attached hydrogens (primary N) is 1. The predicted octanol–water partition coefficient (Wildman–Crippen LogP) is -1.34. The van der Waals surface area contributed by atoms with Gasteiger partial charge in [0.25, 0.3) is 0 Å². The Bertz CT molecular complexity index is 1070. The van der Waals surface area contributed by atoms with Crippen LogP contribution in [0.3, 0.4) is 0 Å². The molecule has 0 bridgehead atoms. The number of hydrogen-bond donors (Lipinski definition) is 6. The molecule has 0 saturated heterocycles. The number of aromatic hydroxyl groups is 1. The van der Waals surface area contributed by atoms with E-state index in [4.69, 9.17) is 5.73 Å². The average Bonchev–Trinajstić information content (AvgIpc) is 2.70. The number of Topliss-reactive ketones (excluding diaryl/α,β-unsaturated/α-hetero) is 2. The molecule has 1 aromatic carbocycles. The highest BCUT2D eigenvalue weighted by molar-refractivity contribution is 6.25. The van der Waals surface area contributed by atoms with Crippen LogP contribution in [-0.4, -0.2) is 85.9 Å². The number of nitrogens with zero attached hydrogens (tertiary/aromatic N) is 1. The number of benzene rings is 1. The molecule has 10 heteroatoms. The molecule has 172 valence electrons. The lowest BCUT2D eigenvalue weighted by atomic mass is 9.52. The standard InChI is InChI=1S/C22H26N2O8/c1-7-8-5-4-6-9(25)11(8)16(26)12-10(7)17(27)14-15(24(2)3)18(28)13(21(23)31)20(30)22(14,32)19(12)29/h4-7,10,13-15,17-18,25-28,32H,1-3H3,(H2,23,31)/t7-,10+,13?,14+,15-,17-,18?,22-/m0/s1. The highest BCUT2D eigenvalue weighted by atomic mass is 16.3. The highest BCUT2D eigenvalue weighted by Gasteiger charge is 2.71. The summed E-state index contributed by atoms with van der Waals surface area (Å²) in [6.07, 6.45) is -3.22. The number of aliphatic hydroxyl groups is 4. The first-order valence-electron chi connectivity index (χ1n) is 10.3. The average molecular weight is 446 g/mol. The maximum absolute atomic E-state index is 13.7. The Kier molecular flexibility index (Phi) is 4.98. The van der Waals surface area contributed by atoms with Crippen molar-refractivity contribution in [3.05, 3.63) is 34.9 Å². The zero-order chi connectivity index (χ0) is 23.9. The minimum Gasteiger partial charge on any atom is -0.507 e. The van der Waals surface area contributed by atoms with Crippen molar-refractivity contribution in [2.45, 2.75) is 36.7 Å². The van der Waals surface area contributed by atoms with E-state index in [0.717, 1.165) is 0 Å². The Morgan fingerprint density at radius 1 is 1.12 bits per heavy atom. The van der Waals surface area contributed by atoms with Gasteiger partial charge >= 0.3 is 0 Å². The molecule has 4 rings (SSSR count). The number of primary amides is 1. The molecule has 0 spiro atoms. The van der Waals surface area contributed by atoms with Gasteiger partial charge in [0, 0.05) is 23.5 Å². The van der Waals surface area contributed by atoms with Crippen LogP contribution in [0.25, 0.3) is 5.76 Å². The Hall–Kier alpha value is -2.79. The number of phenols is 1. The third-order valence-electron chi connectivity index (χ3n) is 7.36. The summed E-state index contributed by atoms with van der Waals surface area (Å²) in [5.74, 6) is -9.67. The normalized spacial score (nSPS) is 38.9. The van der Waals surface area contributed by atoms with Gasteiger partial charge < -0.3 is 36.2 Å². The van der Waals surface area contributed by atoms with E-state index in [-0.39, 0.29) is 11.3 Å². The fraction of sp³-hybridized carbons (Fsp3) is 0.500. The van der Waals surface area contributed by atoms with Gasteiger partial charge in [-0.2, -0.15) is 0 Å². The first kappa shape index (κ1) is 22.4. The molecule has 0 radical (unpaired) electrons. The third kappa shape index (κ3) is 2.57. The van der Waals surface area contributed by atoms with Crippen molar-refractivity contribution in [1.82, 2.24) is 4.90 Å². The first-order chi connectivity index (χ1) is 14.9. The summed E-state index contributed by atoms with van der Waals surface area (Å²) in [7, 11) is 3.03. The van der Waals surface area contributed by atoms with E-state index in [1.807, 2.05) is 0 Å². The lowest BCUT2D eigenvalue weighted by molar-refractivity contribution is -0.199. The van der Waals surface area contributed by atoms with Gasteiger partial charge in [-0.3, -0.25) is 14.4 Å². The second-order valence-corrected chi connectivity index (χ2v) is 9.12. The van der Waals surface area contributed by atoms with Gasteiger partial charge in [-0.25, -0.2) is 0 Å². The van der Waals surface area contributed by atoms with Crippen LogP contribution in [0.2, 0.25) is 0 Å². The molecule has 1 aromatic rings. The zero-order valence-electron chi connectivity index (χ0n) is 17.8. The van der Waals surface area contributed by atoms with Crippen molar-refractivity contribution >= 4 is 23.2 Å². The molecule has 3 aliphatic rings. The number of amides is 1. The van der Waals surface area contributed by atoms with Crippen molar-refractivity contribution in [2.24, 2.45) is 23.5 Å². The quantitative estimate of drug-likeness (QED) is 0.300. The fourth-order valence-corrected chi connectivity index (χ4v) is 5.93. The van der Waals surface area contributed by atoms with E-state index in [0.29, 0.717) is 5.56 Å². The summed E-state index contributed by atoms with van der Waals surface area (Å²) in [6, 6.07) is 3.34. The monoisotopic (exact) mass is 446 g/mol. The molecule has 7 N–H and O–H groups in total. The van der Waals surface area contributed by atoms with Crippen LogP contribution in [0.1, 0.15) is 24.0 Å². The Balaban J connectivity index is 2.01. The Morgan fingerprint density at radius 2 is 1.75 bits per heavy atom. The van der Waals surface area contributed by atoms with Crippen molar-refractivity contribution in [3.63, 3.8) is 0 Å². The number of phenolic OH excluding ortho intramolecular Hbond substituents is 1. The molecule has 3 aliphatic carbocycles. The molecule has 32 heavy (non-hydrogen) atoms. The van der Waals surface area contributed by atoms with Gasteiger partial charge in [0.15, 0.2) is 11.4 Å². The predicted molar refractivity (Wildman–Crippen MR) is 110 cm³/mol. The topological polar surface area (TPSA) is 182 Å². The van der Waals surface area contributed by atoms with Crippen molar-refractivity contribution in [1.29, 1.82) is 0 Å².